The van der Waals surface area contributed by atoms with E-state index in [9.17, 15) is 13.6 Å². The smallest absolute Gasteiger partial charge is 0.315 e. The summed E-state index contributed by atoms with van der Waals surface area (Å²) in [5.74, 6) is -1.88. The summed E-state index contributed by atoms with van der Waals surface area (Å²) in [6.07, 6.45) is 3.31. The van der Waals surface area contributed by atoms with E-state index in [1.807, 2.05) is 19.1 Å². The van der Waals surface area contributed by atoms with Crippen molar-refractivity contribution in [3.8, 4) is 0 Å². The lowest BCUT2D eigenvalue weighted by Gasteiger charge is -2.14. The second kappa shape index (κ2) is 7.49. The van der Waals surface area contributed by atoms with E-state index in [0.29, 0.717) is 18.7 Å². The third-order valence-electron chi connectivity index (χ3n) is 3.28. The first-order valence-electron chi connectivity index (χ1n) is 6.92. The van der Waals surface area contributed by atoms with Crippen LogP contribution in [-0.4, -0.2) is 17.6 Å². The van der Waals surface area contributed by atoms with Crippen LogP contribution in [0.25, 0.3) is 0 Å². The van der Waals surface area contributed by atoms with Crippen LogP contribution in [-0.2, 0) is 6.54 Å². The SMILES string of the molecule is C[C@@H](CNC(=O)NCc1ccncc1)c1ccc(F)c(F)c1. The highest BCUT2D eigenvalue weighted by atomic mass is 19.2. The minimum Gasteiger partial charge on any atom is -0.338 e. The van der Waals surface area contributed by atoms with Gasteiger partial charge in [0, 0.05) is 25.5 Å². The largest absolute Gasteiger partial charge is 0.338 e. The Hall–Kier alpha value is -2.50. The van der Waals surface area contributed by atoms with Crippen LogP contribution in [0.1, 0.15) is 24.0 Å². The molecule has 0 saturated carbocycles. The number of benzene rings is 1. The average molecular weight is 305 g/mol. The first kappa shape index (κ1) is 15.9. The Morgan fingerprint density at radius 1 is 1.14 bits per heavy atom. The molecule has 0 aliphatic carbocycles. The highest BCUT2D eigenvalue weighted by Gasteiger charge is 2.10. The summed E-state index contributed by atoms with van der Waals surface area (Å²) < 4.78 is 26.0. The summed E-state index contributed by atoms with van der Waals surface area (Å²) in [4.78, 5) is 15.6. The van der Waals surface area contributed by atoms with Crippen molar-refractivity contribution in [3.63, 3.8) is 0 Å². The molecule has 2 N–H and O–H groups in total. The zero-order valence-electron chi connectivity index (χ0n) is 12.1. The summed E-state index contributed by atoms with van der Waals surface area (Å²) in [7, 11) is 0. The minimum atomic E-state index is -0.883. The van der Waals surface area contributed by atoms with Crippen molar-refractivity contribution < 1.29 is 13.6 Å². The lowest BCUT2D eigenvalue weighted by atomic mass is 10.0. The van der Waals surface area contributed by atoms with Crippen molar-refractivity contribution in [2.45, 2.75) is 19.4 Å². The van der Waals surface area contributed by atoms with Gasteiger partial charge in [-0.15, -0.1) is 0 Å². The molecule has 2 rings (SSSR count). The number of carbonyl (C=O) groups excluding carboxylic acids is 1. The lowest BCUT2D eigenvalue weighted by Crippen LogP contribution is -2.37. The highest BCUT2D eigenvalue weighted by Crippen LogP contribution is 2.17. The van der Waals surface area contributed by atoms with Crippen LogP contribution in [0.3, 0.4) is 0 Å². The number of halogens is 2. The Labute approximate surface area is 127 Å². The molecule has 2 amide bonds. The number of nitrogens with one attached hydrogen (secondary N) is 2. The van der Waals surface area contributed by atoms with Gasteiger partial charge in [0.05, 0.1) is 0 Å². The standard InChI is InChI=1S/C16H17F2N3O/c1-11(13-2-3-14(17)15(18)8-13)9-20-16(22)21-10-12-4-6-19-7-5-12/h2-8,11H,9-10H2,1H3,(H2,20,21,22)/t11-/m0/s1. The van der Waals surface area contributed by atoms with Crippen LogP contribution in [0, 0.1) is 11.6 Å². The van der Waals surface area contributed by atoms with Gasteiger partial charge in [0.2, 0.25) is 0 Å². The van der Waals surface area contributed by atoms with E-state index in [0.717, 1.165) is 17.7 Å². The molecule has 4 nitrogen and oxygen atoms in total. The Bertz CT molecular complexity index is 635. The van der Waals surface area contributed by atoms with Crippen LogP contribution >= 0.6 is 0 Å². The van der Waals surface area contributed by atoms with Crippen molar-refractivity contribution in [2.75, 3.05) is 6.54 Å². The first-order chi connectivity index (χ1) is 10.6. The van der Waals surface area contributed by atoms with Crippen molar-refractivity contribution in [3.05, 3.63) is 65.5 Å². The molecule has 1 aromatic heterocycles. The molecule has 1 heterocycles. The van der Waals surface area contributed by atoms with E-state index in [4.69, 9.17) is 0 Å². The quantitative estimate of drug-likeness (QED) is 0.892. The molecule has 0 fully saturated rings. The van der Waals surface area contributed by atoms with Crippen molar-refractivity contribution >= 4 is 6.03 Å². The van der Waals surface area contributed by atoms with Gasteiger partial charge in [0.15, 0.2) is 11.6 Å². The summed E-state index contributed by atoms with van der Waals surface area (Å²) in [5, 5.41) is 5.42. The summed E-state index contributed by atoms with van der Waals surface area (Å²) in [6, 6.07) is 7.06. The molecule has 0 spiro atoms. The zero-order valence-corrected chi connectivity index (χ0v) is 12.1. The fourth-order valence-electron chi connectivity index (χ4n) is 1.93. The van der Waals surface area contributed by atoms with Crippen LogP contribution in [0.5, 0.6) is 0 Å². The second-order valence-electron chi connectivity index (χ2n) is 4.99. The van der Waals surface area contributed by atoms with E-state index in [2.05, 4.69) is 15.6 Å². The van der Waals surface area contributed by atoms with Gasteiger partial charge in [-0.1, -0.05) is 13.0 Å². The molecule has 0 radical (unpaired) electrons. The Morgan fingerprint density at radius 2 is 1.86 bits per heavy atom. The van der Waals surface area contributed by atoms with Gasteiger partial charge < -0.3 is 10.6 Å². The summed E-state index contributed by atoms with van der Waals surface area (Å²) >= 11 is 0. The number of hydrogen-bond donors (Lipinski definition) is 2. The Kier molecular flexibility index (Phi) is 5.41. The third-order valence-corrected chi connectivity index (χ3v) is 3.28. The van der Waals surface area contributed by atoms with Crippen LogP contribution in [0.2, 0.25) is 0 Å². The van der Waals surface area contributed by atoms with Gasteiger partial charge in [-0.2, -0.15) is 0 Å². The number of amides is 2. The molecular formula is C16H17F2N3O. The molecule has 1 aromatic carbocycles. The Morgan fingerprint density at radius 3 is 2.55 bits per heavy atom. The molecule has 0 aliphatic rings. The molecule has 0 aliphatic heterocycles. The van der Waals surface area contributed by atoms with E-state index in [1.165, 1.54) is 6.07 Å². The number of hydrogen-bond acceptors (Lipinski definition) is 2. The molecule has 6 heteroatoms. The molecule has 116 valence electrons. The number of rotatable bonds is 5. The number of nitrogens with zero attached hydrogens (tertiary/aromatic N) is 1. The van der Waals surface area contributed by atoms with Crippen LogP contribution < -0.4 is 10.6 Å². The fourth-order valence-corrected chi connectivity index (χ4v) is 1.93. The van der Waals surface area contributed by atoms with Gasteiger partial charge in [0.25, 0.3) is 0 Å². The Balaban J connectivity index is 1.79. The maximum Gasteiger partial charge on any atom is 0.315 e. The molecule has 1 atom stereocenters. The third kappa shape index (κ3) is 4.51. The van der Waals surface area contributed by atoms with E-state index < -0.39 is 11.6 Å². The number of aromatic nitrogens is 1. The predicted molar refractivity (Wildman–Crippen MR) is 79.2 cm³/mol. The van der Waals surface area contributed by atoms with E-state index >= 15 is 0 Å². The molecule has 22 heavy (non-hydrogen) atoms. The average Bonchev–Trinajstić information content (AvgIpc) is 2.54. The second-order valence-corrected chi connectivity index (χ2v) is 4.99. The molecular weight excluding hydrogens is 288 g/mol. The minimum absolute atomic E-state index is 0.123. The fraction of sp³-hybridized carbons (Fsp3) is 0.250. The maximum atomic E-state index is 13.2. The van der Waals surface area contributed by atoms with Gasteiger partial charge in [-0.05, 0) is 41.3 Å². The van der Waals surface area contributed by atoms with E-state index in [1.54, 1.807) is 12.4 Å². The molecule has 0 saturated heterocycles. The molecule has 0 unspecified atom stereocenters. The van der Waals surface area contributed by atoms with Crippen molar-refractivity contribution in [1.29, 1.82) is 0 Å². The summed E-state index contributed by atoms with van der Waals surface area (Å²) in [5.41, 5.74) is 1.58. The van der Waals surface area contributed by atoms with Gasteiger partial charge in [-0.25, -0.2) is 13.6 Å². The van der Waals surface area contributed by atoms with Crippen molar-refractivity contribution in [1.82, 2.24) is 15.6 Å². The normalized spacial score (nSPS) is 11.8. The summed E-state index contributed by atoms with van der Waals surface area (Å²) in [6.45, 7) is 2.55. The molecule has 2 aromatic rings. The predicted octanol–water partition coefficient (Wildman–Crippen LogP) is 2.96. The number of carbonyl (C=O) groups is 1. The maximum absolute atomic E-state index is 13.2. The topological polar surface area (TPSA) is 54.0 Å². The number of pyridine rings is 1. The van der Waals surface area contributed by atoms with Gasteiger partial charge in [0.1, 0.15) is 0 Å². The van der Waals surface area contributed by atoms with Gasteiger partial charge in [-0.3, -0.25) is 4.98 Å². The molecule has 0 bridgehead atoms. The van der Waals surface area contributed by atoms with E-state index in [-0.39, 0.29) is 11.9 Å². The lowest BCUT2D eigenvalue weighted by molar-refractivity contribution is 0.240. The van der Waals surface area contributed by atoms with Gasteiger partial charge >= 0.3 is 6.03 Å². The highest BCUT2D eigenvalue weighted by molar-refractivity contribution is 5.73. The van der Waals surface area contributed by atoms with Crippen molar-refractivity contribution in [2.24, 2.45) is 0 Å². The van der Waals surface area contributed by atoms with Crippen LogP contribution in [0.15, 0.2) is 42.7 Å². The van der Waals surface area contributed by atoms with Crippen LogP contribution in [0.4, 0.5) is 13.6 Å². The monoisotopic (exact) mass is 305 g/mol. The number of urea groups is 1. The first-order valence-corrected chi connectivity index (χ1v) is 6.92. The zero-order chi connectivity index (χ0) is 15.9.